The molecule has 2 heterocycles. The average molecular weight is 285 g/mol. The van der Waals surface area contributed by atoms with Crippen LogP contribution in [0.5, 0.6) is 0 Å². The summed E-state index contributed by atoms with van der Waals surface area (Å²) in [6, 6.07) is 0.454. The SMILES string of the molecule is CCCn1cnc(=NC2CCCC2)c2[nH]c(C3CC3)nc21. The number of nitrogens with one attached hydrogen (secondary N) is 1. The standard InChI is InChI=1S/C16H23N5/c1-2-9-21-10-17-15(18-12-5-3-4-6-12)13-16(21)20-14(19-13)11-7-8-11/h10-12H,2-9H2,1H3,(H,19,20). The number of aromatic nitrogens is 4. The molecule has 21 heavy (non-hydrogen) atoms. The second-order valence-corrected chi connectivity index (χ2v) is 6.42. The second kappa shape index (κ2) is 5.28. The molecule has 4 rings (SSSR count). The Balaban J connectivity index is 1.84. The largest absolute Gasteiger partial charge is 0.337 e. The summed E-state index contributed by atoms with van der Waals surface area (Å²) in [7, 11) is 0. The maximum absolute atomic E-state index is 4.88. The number of hydrogen-bond acceptors (Lipinski definition) is 3. The number of H-pyrrole nitrogens is 1. The first-order valence-electron chi connectivity index (χ1n) is 8.34. The predicted octanol–water partition coefficient (Wildman–Crippen LogP) is 2.89. The lowest BCUT2D eigenvalue weighted by Crippen LogP contribution is -2.17. The average Bonchev–Trinajstić information content (AvgIpc) is 3.03. The zero-order valence-corrected chi connectivity index (χ0v) is 12.7. The van der Waals surface area contributed by atoms with E-state index in [0.29, 0.717) is 12.0 Å². The lowest BCUT2D eigenvalue weighted by atomic mass is 10.3. The molecule has 0 amide bonds. The van der Waals surface area contributed by atoms with E-state index < -0.39 is 0 Å². The monoisotopic (exact) mass is 285 g/mol. The van der Waals surface area contributed by atoms with Crippen LogP contribution in [0.3, 0.4) is 0 Å². The van der Waals surface area contributed by atoms with E-state index >= 15 is 0 Å². The molecule has 5 heteroatoms. The first kappa shape index (κ1) is 13.0. The minimum Gasteiger partial charge on any atom is -0.337 e. The molecule has 112 valence electrons. The number of rotatable bonds is 4. The number of fused-ring (bicyclic) bond motifs is 1. The molecule has 0 radical (unpaired) electrons. The Kier molecular flexibility index (Phi) is 3.28. The Morgan fingerprint density at radius 2 is 2.10 bits per heavy atom. The van der Waals surface area contributed by atoms with Crippen molar-refractivity contribution >= 4 is 11.2 Å². The van der Waals surface area contributed by atoms with Gasteiger partial charge in [0.25, 0.3) is 0 Å². The molecule has 0 saturated heterocycles. The van der Waals surface area contributed by atoms with Gasteiger partial charge in [-0.15, -0.1) is 0 Å². The van der Waals surface area contributed by atoms with E-state index in [1.165, 1.54) is 38.5 Å². The predicted molar refractivity (Wildman–Crippen MR) is 82.0 cm³/mol. The molecule has 0 aliphatic heterocycles. The number of hydrogen-bond donors (Lipinski definition) is 1. The van der Waals surface area contributed by atoms with Crippen molar-refractivity contribution in [3.8, 4) is 0 Å². The van der Waals surface area contributed by atoms with Gasteiger partial charge < -0.3 is 9.55 Å². The minimum absolute atomic E-state index is 0.454. The van der Waals surface area contributed by atoms with Crippen LogP contribution in [0.25, 0.3) is 11.2 Å². The van der Waals surface area contributed by atoms with Crippen molar-refractivity contribution in [3.63, 3.8) is 0 Å². The highest BCUT2D eigenvalue weighted by Crippen LogP contribution is 2.38. The number of aryl methyl sites for hydroxylation is 1. The number of nitrogens with zero attached hydrogens (tertiary/aromatic N) is 4. The van der Waals surface area contributed by atoms with E-state index in [1.807, 2.05) is 6.33 Å². The van der Waals surface area contributed by atoms with Crippen molar-refractivity contribution in [1.82, 2.24) is 19.5 Å². The van der Waals surface area contributed by atoms with Gasteiger partial charge in [-0.25, -0.2) is 9.97 Å². The normalized spacial score (nSPS) is 20.7. The molecule has 2 aliphatic carbocycles. The topological polar surface area (TPSA) is 58.9 Å². The third-order valence-electron chi connectivity index (χ3n) is 4.58. The summed E-state index contributed by atoms with van der Waals surface area (Å²) < 4.78 is 2.16. The van der Waals surface area contributed by atoms with E-state index in [1.54, 1.807) is 0 Å². The summed E-state index contributed by atoms with van der Waals surface area (Å²) in [6.45, 7) is 3.15. The first-order valence-corrected chi connectivity index (χ1v) is 8.34. The fourth-order valence-electron chi connectivity index (χ4n) is 3.25. The van der Waals surface area contributed by atoms with Gasteiger partial charge in [-0.05, 0) is 32.1 Å². The van der Waals surface area contributed by atoms with E-state index in [4.69, 9.17) is 9.98 Å². The third kappa shape index (κ3) is 2.49. The molecule has 5 nitrogen and oxygen atoms in total. The van der Waals surface area contributed by atoms with Crippen LogP contribution in [-0.2, 0) is 6.54 Å². The molecule has 1 N–H and O–H groups in total. The molecule has 2 aromatic heterocycles. The number of imidazole rings is 1. The summed E-state index contributed by atoms with van der Waals surface area (Å²) in [5.74, 6) is 1.76. The van der Waals surface area contributed by atoms with Crippen LogP contribution in [0, 0.1) is 0 Å². The molecular weight excluding hydrogens is 262 g/mol. The van der Waals surface area contributed by atoms with Crippen LogP contribution >= 0.6 is 0 Å². The lowest BCUT2D eigenvalue weighted by molar-refractivity contribution is 0.659. The first-order chi connectivity index (χ1) is 10.3. The van der Waals surface area contributed by atoms with Gasteiger partial charge in [-0.3, -0.25) is 4.99 Å². The minimum atomic E-state index is 0.454. The van der Waals surface area contributed by atoms with Crippen molar-refractivity contribution < 1.29 is 0 Å². The van der Waals surface area contributed by atoms with Crippen molar-refractivity contribution in [2.75, 3.05) is 0 Å². The summed E-state index contributed by atoms with van der Waals surface area (Å²) >= 11 is 0. The van der Waals surface area contributed by atoms with E-state index in [9.17, 15) is 0 Å². The van der Waals surface area contributed by atoms with Gasteiger partial charge in [0.2, 0.25) is 0 Å². The molecule has 0 aromatic carbocycles. The van der Waals surface area contributed by atoms with E-state index in [-0.39, 0.29) is 0 Å². The third-order valence-corrected chi connectivity index (χ3v) is 4.58. The Hall–Kier alpha value is -1.65. The molecule has 0 bridgehead atoms. The van der Waals surface area contributed by atoms with Gasteiger partial charge >= 0.3 is 0 Å². The summed E-state index contributed by atoms with van der Waals surface area (Å²) in [5.41, 5.74) is 2.94. The van der Waals surface area contributed by atoms with E-state index in [0.717, 1.165) is 35.4 Å². The summed E-state index contributed by atoms with van der Waals surface area (Å²) in [5, 5.41) is 0. The Morgan fingerprint density at radius 3 is 2.81 bits per heavy atom. The van der Waals surface area contributed by atoms with Crippen molar-refractivity contribution in [3.05, 3.63) is 17.6 Å². The van der Waals surface area contributed by atoms with Crippen LogP contribution in [0.1, 0.15) is 63.6 Å². The second-order valence-electron chi connectivity index (χ2n) is 6.42. The van der Waals surface area contributed by atoms with Gasteiger partial charge in [0.1, 0.15) is 11.3 Å². The molecule has 0 atom stereocenters. The van der Waals surface area contributed by atoms with E-state index in [2.05, 4.69) is 21.5 Å². The molecule has 2 aromatic rings. The molecule has 2 fully saturated rings. The van der Waals surface area contributed by atoms with Crippen molar-refractivity contribution in [2.45, 2.75) is 70.4 Å². The van der Waals surface area contributed by atoms with Gasteiger partial charge in [-0.1, -0.05) is 19.8 Å². The number of aromatic amines is 1. The Labute approximate surface area is 124 Å². The highest BCUT2D eigenvalue weighted by atomic mass is 15.1. The van der Waals surface area contributed by atoms with Crippen LogP contribution in [0.2, 0.25) is 0 Å². The van der Waals surface area contributed by atoms with Crippen LogP contribution < -0.4 is 5.49 Å². The van der Waals surface area contributed by atoms with Crippen molar-refractivity contribution in [2.24, 2.45) is 4.99 Å². The fourth-order valence-corrected chi connectivity index (χ4v) is 3.25. The lowest BCUT2D eigenvalue weighted by Gasteiger charge is -2.05. The zero-order valence-electron chi connectivity index (χ0n) is 12.7. The van der Waals surface area contributed by atoms with Crippen LogP contribution in [0.4, 0.5) is 0 Å². The fraction of sp³-hybridized carbons (Fsp3) is 0.688. The van der Waals surface area contributed by atoms with Gasteiger partial charge in [0.05, 0.1) is 12.4 Å². The van der Waals surface area contributed by atoms with Gasteiger partial charge in [0.15, 0.2) is 11.1 Å². The molecule has 0 unspecified atom stereocenters. The molecular formula is C16H23N5. The van der Waals surface area contributed by atoms with Gasteiger partial charge in [-0.2, -0.15) is 0 Å². The summed E-state index contributed by atoms with van der Waals surface area (Å²) in [4.78, 5) is 17.8. The molecule has 2 saturated carbocycles. The molecule has 0 spiro atoms. The maximum atomic E-state index is 4.88. The zero-order chi connectivity index (χ0) is 14.2. The summed E-state index contributed by atoms with van der Waals surface area (Å²) in [6.07, 6.45) is 10.5. The molecule has 2 aliphatic rings. The highest BCUT2D eigenvalue weighted by Gasteiger charge is 2.27. The Bertz CT molecular complexity index is 701. The highest BCUT2D eigenvalue weighted by molar-refractivity contribution is 5.69. The maximum Gasteiger partial charge on any atom is 0.176 e. The van der Waals surface area contributed by atoms with Crippen LogP contribution in [0.15, 0.2) is 11.3 Å². The Morgan fingerprint density at radius 1 is 1.29 bits per heavy atom. The van der Waals surface area contributed by atoms with Gasteiger partial charge in [0, 0.05) is 12.5 Å². The van der Waals surface area contributed by atoms with Crippen LogP contribution in [-0.4, -0.2) is 25.6 Å². The van der Waals surface area contributed by atoms with Crippen molar-refractivity contribution in [1.29, 1.82) is 0 Å². The quantitative estimate of drug-likeness (QED) is 0.939. The smallest absolute Gasteiger partial charge is 0.176 e.